The van der Waals surface area contributed by atoms with Crippen molar-refractivity contribution in [2.75, 3.05) is 6.54 Å². The standard InChI is InChI=1S/C21H27N9O2/c1-13(2)8-10-30(12-18-24-14-5-3-4-6-15(14)25-18)17-7-9-21(19(22)27-31,20(23)28-32)11-16(17)26-29-30/h3-7,9,13H,8,10-12H2,1-2H3,(H6-,22,23,24,25,27,28,31,32)/p+1. The molecule has 1 atom stereocenters. The van der Waals surface area contributed by atoms with E-state index in [1.165, 1.54) is 0 Å². The molecule has 0 saturated carbocycles. The summed E-state index contributed by atoms with van der Waals surface area (Å²) in [5, 5.41) is 34.0. The average molecular weight is 439 g/mol. The highest BCUT2D eigenvalue weighted by atomic mass is 16.4. The lowest BCUT2D eigenvalue weighted by Gasteiger charge is -2.33. The van der Waals surface area contributed by atoms with Crippen molar-refractivity contribution in [3.8, 4) is 0 Å². The predicted octanol–water partition coefficient (Wildman–Crippen LogP) is 2.96. The molecule has 0 fully saturated rings. The molecule has 4 rings (SSSR count). The van der Waals surface area contributed by atoms with Crippen LogP contribution in [0.25, 0.3) is 11.0 Å². The molecule has 168 valence electrons. The van der Waals surface area contributed by atoms with Crippen LogP contribution in [0.3, 0.4) is 0 Å². The van der Waals surface area contributed by atoms with Gasteiger partial charge >= 0.3 is 0 Å². The zero-order chi connectivity index (χ0) is 22.9. The number of hydrogen-bond donors (Lipinski definition) is 5. The van der Waals surface area contributed by atoms with E-state index in [0.717, 1.165) is 35.5 Å². The van der Waals surface area contributed by atoms with Crippen LogP contribution in [-0.4, -0.2) is 43.2 Å². The first-order valence-electron chi connectivity index (χ1n) is 10.5. The lowest BCUT2D eigenvalue weighted by atomic mass is 9.77. The molecule has 1 aliphatic carbocycles. The summed E-state index contributed by atoms with van der Waals surface area (Å²) in [5.41, 5.74) is 14.0. The van der Waals surface area contributed by atoms with Gasteiger partial charge in [0.05, 0.1) is 11.0 Å². The molecule has 2 aromatic rings. The van der Waals surface area contributed by atoms with Gasteiger partial charge in [0, 0.05) is 24.1 Å². The summed E-state index contributed by atoms with van der Waals surface area (Å²) < 4.78 is 0.242. The molecule has 1 aliphatic heterocycles. The third-order valence-corrected chi connectivity index (χ3v) is 6.11. The number of allylic oxidation sites excluding steroid dienone is 2. The first-order valence-corrected chi connectivity index (χ1v) is 10.5. The first-order chi connectivity index (χ1) is 15.3. The molecule has 11 nitrogen and oxygen atoms in total. The fraction of sp³-hybridized carbons (Fsp3) is 0.381. The Morgan fingerprint density at radius 3 is 2.59 bits per heavy atom. The van der Waals surface area contributed by atoms with Crippen molar-refractivity contribution in [1.29, 1.82) is 0 Å². The van der Waals surface area contributed by atoms with Crippen LogP contribution in [0.2, 0.25) is 0 Å². The number of nitrogens with two attached hydrogens (primary N) is 2. The van der Waals surface area contributed by atoms with Gasteiger partial charge in [0.15, 0.2) is 29.7 Å². The maximum absolute atomic E-state index is 9.30. The van der Waals surface area contributed by atoms with Gasteiger partial charge < -0.3 is 26.9 Å². The van der Waals surface area contributed by atoms with E-state index in [1.807, 2.05) is 30.3 Å². The van der Waals surface area contributed by atoms with Crippen molar-refractivity contribution in [1.82, 2.24) is 9.97 Å². The van der Waals surface area contributed by atoms with Gasteiger partial charge in [-0.05, 0) is 18.1 Å². The number of imidazole rings is 1. The molecule has 1 aromatic heterocycles. The van der Waals surface area contributed by atoms with E-state index in [4.69, 9.17) is 16.5 Å². The zero-order valence-corrected chi connectivity index (χ0v) is 18.1. The lowest BCUT2D eigenvalue weighted by Crippen LogP contribution is -2.49. The maximum atomic E-state index is 9.30. The summed E-state index contributed by atoms with van der Waals surface area (Å²) >= 11 is 0. The van der Waals surface area contributed by atoms with Crippen molar-refractivity contribution in [2.24, 2.45) is 43.4 Å². The SMILES string of the molecule is CC(C)CC[N+]1(Cc2nc3ccccc3[nH]2)N=NC2=C1C=CC(C(N)=NO)(C(N)=NO)C2. The third kappa shape index (κ3) is 3.50. The summed E-state index contributed by atoms with van der Waals surface area (Å²) in [6, 6.07) is 7.87. The second kappa shape index (κ2) is 8.08. The van der Waals surface area contributed by atoms with E-state index in [0.29, 0.717) is 18.2 Å². The molecule has 32 heavy (non-hydrogen) atoms. The van der Waals surface area contributed by atoms with Gasteiger partial charge in [-0.2, -0.15) is 0 Å². The monoisotopic (exact) mass is 438 g/mol. The van der Waals surface area contributed by atoms with Crippen molar-refractivity contribution >= 4 is 22.7 Å². The number of hydrogen-bond acceptors (Lipinski definition) is 7. The van der Waals surface area contributed by atoms with Crippen molar-refractivity contribution in [3.05, 3.63) is 53.6 Å². The number of oxime groups is 2. The number of nitrogens with one attached hydrogen (secondary N) is 1. The number of aromatic nitrogens is 2. The number of nitrogens with zero attached hydrogens (tertiary/aromatic N) is 6. The number of quaternary nitrogens is 1. The molecule has 0 amide bonds. The molecule has 0 saturated heterocycles. The minimum absolute atomic E-state index is 0.163. The van der Waals surface area contributed by atoms with Gasteiger partial charge in [-0.15, -0.1) is 4.59 Å². The summed E-state index contributed by atoms with van der Waals surface area (Å²) in [6.45, 7) is 5.55. The van der Waals surface area contributed by atoms with Gasteiger partial charge in [-0.25, -0.2) is 4.98 Å². The molecular weight excluding hydrogens is 410 g/mol. The zero-order valence-electron chi connectivity index (χ0n) is 18.1. The normalized spacial score (nSPS) is 25.8. The molecule has 7 N–H and O–H groups in total. The Morgan fingerprint density at radius 1 is 1.22 bits per heavy atom. The number of aromatic amines is 1. The van der Waals surface area contributed by atoms with E-state index in [-0.39, 0.29) is 22.7 Å². The van der Waals surface area contributed by atoms with Crippen molar-refractivity contribution < 1.29 is 15.0 Å². The van der Waals surface area contributed by atoms with Crippen LogP contribution in [0, 0.1) is 11.3 Å². The fourth-order valence-electron chi connectivity index (χ4n) is 4.21. The van der Waals surface area contributed by atoms with E-state index in [9.17, 15) is 10.4 Å². The smallest absolute Gasteiger partial charge is 0.184 e. The highest BCUT2D eigenvalue weighted by Gasteiger charge is 2.49. The molecule has 11 heteroatoms. The van der Waals surface area contributed by atoms with Crippen LogP contribution in [0.5, 0.6) is 0 Å². The van der Waals surface area contributed by atoms with Crippen LogP contribution < -0.4 is 11.5 Å². The minimum atomic E-state index is -1.28. The summed E-state index contributed by atoms with van der Waals surface area (Å²) in [4.78, 5) is 8.12. The van der Waals surface area contributed by atoms with Gasteiger partial charge in [-0.3, -0.25) is 0 Å². The topological polar surface area (TPSA) is 171 Å². The van der Waals surface area contributed by atoms with Crippen LogP contribution in [0.1, 0.15) is 32.5 Å². The summed E-state index contributed by atoms with van der Waals surface area (Å²) in [6.07, 6.45) is 4.61. The average Bonchev–Trinajstić information content (AvgIpc) is 3.37. The first kappa shape index (κ1) is 21.5. The van der Waals surface area contributed by atoms with Crippen molar-refractivity contribution in [3.63, 3.8) is 0 Å². The number of rotatable bonds is 7. The second-order valence-electron chi connectivity index (χ2n) is 8.66. The Balaban J connectivity index is 1.74. The molecule has 0 spiro atoms. The van der Waals surface area contributed by atoms with Crippen molar-refractivity contribution in [2.45, 2.75) is 33.2 Å². The van der Waals surface area contributed by atoms with Gasteiger partial charge in [-0.1, -0.05) is 47.5 Å². The van der Waals surface area contributed by atoms with E-state index < -0.39 is 5.41 Å². The van der Waals surface area contributed by atoms with Gasteiger partial charge in [0.1, 0.15) is 17.7 Å². The third-order valence-electron chi connectivity index (χ3n) is 6.11. The molecule has 2 heterocycles. The molecular formula is C21H28N9O2+. The molecule has 1 aromatic carbocycles. The van der Waals surface area contributed by atoms with E-state index >= 15 is 0 Å². The largest absolute Gasteiger partial charge is 0.409 e. The quantitative estimate of drug-likeness (QED) is 0.147. The number of para-hydroxylation sites is 2. The Morgan fingerprint density at radius 2 is 1.94 bits per heavy atom. The minimum Gasteiger partial charge on any atom is -0.409 e. The molecule has 0 radical (unpaired) electrons. The number of benzene rings is 1. The number of fused-ring (bicyclic) bond motifs is 1. The Labute approximate surface area is 185 Å². The second-order valence-corrected chi connectivity index (χ2v) is 8.66. The Kier molecular flexibility index (Phi) is 5.43. The van der Waals surface area contributed by atoms with E-state index in [1.54, 1.807) is 6.08 Å². The van der Waals surface area contributed by atoms with Crippen LogP contribution in [-0.2, 0) is 6.54 Å². The van der Waals surface area contributed by atoms with Gasteiger partial charge in [0.2, 0.25) is 0 Å². The lowest BCUT2D eigenvalue weighted by molar-refractivity contribution is -0.911. The maximum Gasteiger partial charge on any atom is 0.184 e. The molecule has 2 aliphatic rings. The summed E-state index contributed by atoms with van der Waals surface area (Å²) in [5.74, 6) is 0.910. The summed E-state index contributed by atoms with van der Waals surface area (Å²) in [7, 11) is 0. The highest BCUT2D eigenvalue weighted by molar-refractivity contribution is 6.10. The van der Waals surface area contributed by atoms with E-state index in [2.05, 4.69) is 39.5 Å². The van der Waals surface area contributed by atoms with Crippen LogP contribution in [0.15, 0.2) is 68.5 Å². The number of amidine groups is 2. The van der Waals surface area contributed by atoms with Crippen LogP contribution in [0.4, 0.5) is 0 Å². The Bertz CT molecular complexity index is 1120. The number of H-pyrrole nitrogens is 1. The predicted molar refractivity (Wildman–Crippen MR) is 119 cm³/mol. The molecule has 0 bridgehead atoms. The fourth-order valence-corrected chi connectivity index (χ4v) is 4.21. The highest BCUT2D eigenvalue weighted by Crippen LogP contribution is 2.44. The molecule has 1 unspecified atom stereocenters. The Hall–Kier alpha value is -3.73. The van der Waals surface area contributed by atoms with Crippen LogP contribution >= 0.6 is 0 Å². The van der Waals surface area contributed by atoms with Gasteiger partial charge in [0.25, 0.3) is 0 Å².